The maximum absolute atomic E-state index is 12.8. The number of anilines is 1. The lowest BCUT2D eigenvalue weighted by Gasteiger charge is -2.13. The van der Waals surface area contributed by atoms with E-state index in [0.29, 0.717) is 10.7 Å². The van der Waals surface area contributed by atoms with E-state index < -0.39 is 23.7 Å². The van der Waals surface area contributed by atoms with E-state index in [1.807, 2.05) is 30.3 Å². The fourth-order valence-corrected chi connectivity index (χ4v) is 3.59. The van der Waals surface area contributed by atoms with Gasteiger partial charge in [0.25, 0.3) is 5.56 Å². The molecule has 172 valence electrons. The summed E-state index contributed by atoms with van der Waals surface area (Å²) in [7, 11) is 0. The predicted octanol–water partition coefficient (Wildman–Crippen LogP) is 4.19. The number of benzene rings is 2. The molecule has 0 saturated heterocycles. The van der Waals surface area contributed by atoms with Crippen molar-refractivity contribution in [2.75, 3.05) is 5.32 Å². The van der Waals surface area contributed by atoms with E-state index in [1.165, 1.54) is 29.1 Å². The monoisotopic (exact) mass is 496 g/mol. The van der Waals surface area contributed by atoms with Crippen LogP contribution >= 0.6 is 23.2 Å². The molecule has 4 aromatic rings. The SMILES string of the molecule is O=C(Cn1c(=O)ccn(Cc2ccccc2)c1=O)Nc1ccccc1Oc1ncc(Cl)cc1Cl. The van der Waals surface area contributed by atoms with Crippen LogP contribution in [-0.4, -0.2) is 20.0 Å². The van der Waals surface area contributed by atoms with Gasteiger partial charge in [0.05, 0.1) is 17.3 Å². The molecule has 2 aromatic carbocycles. The van der Waals surface area contributed by atoms with Crippen molar-refractivity contribution in [2.24, 2.45) is 0 Å². The molecule has 1 amide bonds. The molecule has 1 N–H and O–H groups in total. The molecule has 0 atom stereocenters. The molecular formula is C24H18Cl2N4O4. The van der Waals surface area contributed by atoms with E-state index in [9.17, 15) is 14.4 Å². The number of hydrogen-bond acceptors (Lipinski definition) is 5. The zero-order chi connectivity index (χ0) is 24.1. The quantitative estimate of drug-likeness (QED) is 0.413. The number of nitrogens with zero attached hydrogens (tertiary/aromatic N) is 3. The van der Waals surface area contributed by atoms with E-state index in [1.54, 1.807) is 24.3 Å². The van der Waals surface area contributed by atoms with Crippen LogP contribution in [0.3, 0.4) is 0 Å². The molecule has 0 spiro atoms. The Kier molecular flexibility index (Phi) is 7.10. The largest absolute Gasteiger partial charge is 0.435 e. The zero-order valence-corrected chi connectivity index (χ0v) is 19.2. The first kappa shape index (κ1) is 23.3. The fraction of sp³-hybridized carbons (Fsp3) is 0.0833. The van der Waals surface area contributed by atoms with Crippen LogP contribution in [0.1, 0.15) is 5.56 Å². The first-order chi connectivity index (χ1) is 16.4. The van der Waals surface area contributed by atoms with Crippen LogP contribution in [0.15, 0.2) is 88.7 Å². The Labute approximate surface area is 204 Å². The number of hydrogen-bond donors (Lipinski definition) is 1. The van der Waals surface area contributed by atoms with Crippen molar-refractivity contribution < 1.29 is 9.53 Å². The number of nitrogens with one attached hydrogen (secondary N) is 1. The van der Waals surface area contributed by atoms with Gasteiger partial charge < -0.3 is 10.1 Å². The van der Waals surface area contributed by atoms with Gasteiger partial charge in [-0.3, -0.25) is 18.7 Å². The van der Waals surface area contributed by atoms with Gasteiger partial charge in [0.1, 0.15) is 11.6 Å². The molecule has 0 unspecified atom stereocenters. The van der Waals surface area contributed by atoms with E-state index in [4.69, 9.17) is 27.9 Å². The predicted molar refractivity (Wildman–Crippen MR) is 130 cm³/mol. The van der Waals surface area contributed by atoms with Crippen LogP contribution in [0.25, 0.3) is 0 Å². The Hall–Kier alpha value is -3.88. The molecule has 34 heavy (non-hydrogen) atoms. The molecule has 0 bridgehead atoms. The van der Waals surface area contributed by atoms with Crippen LogP contribution < -0.4 is 21.3 Å². The molecule has 4 rings (SSSR count). The Morgan fingerprint density at radius 3 is 2.50 bits per heavy atom. The van der Waals surface area contributed by atoms with Crippen LogP contribution in [0.5, 0.6) is 11.6 Å². The van der Waals surface area contributed by atoms with Crippen LogP contribution in [0, 0.1) is 0 Å². The summed E-state index contributed by atoms with van der Waals surface area (Å²) < 4.78 is 7.97. The van der Waals surface area contributed by atoms with E-state index in [-0.39, 0.29) is 23.2 Å². The summed E-state index contributed by atoms with van der Waals surface area (Å²) in [5, 5.41) is 3.21. The smallest absolute Gasteiger partial charge is 0.331 e. The third-order valence-electron chi connectivity index (χ3n) is 4.78. The molecule has 0 aliphatic carbocycles. The number of halogens is 2. The molecule has 8 nitrogen and oxygen atoms in total. The molecule has 2 heterocycles. The Morgan fingerprint density at radius 2 is 1.74 bits per heavy atom. The second kappa shape index (κ2) is 10.4. The van der Waals surface area contributed by atoms with Gasteiger partial charge >= 0.3 is 5.69 Å². The molecule has 2 aromatic heterocycles. The second-order valence-electron chi connectivity index (χ2n) is 7.22. The van der Waals surface area contributed by atoms with Crippen molar-refractivity contribution in [3.63, 3.8) is 0 Å². The highest BCUT2D eigenvalue weighted by Crippen LogP contribution is 2.33. The van der Waals surface area contributed by atoms with E-state index in [2.05, 4.69) is 10.3 Å². The van der Waals surface area contributed by atoms with Gasteiger partial charge in [-0.15, -0.1) is 0 Å². The fourth-order valence-electron chi connectivity index (χ4n) is 3.18. The number of carbonyl (C=O) groups is 1. The minimum atomic E-state index is -0.590. The molecule has 0 radical (unpaired) electrons. The van der Waals surface area contributed by atoms with Crippen molar-refractivity contribution in [1.29, 1.82) is 0 Å². The number of carbonyl (C=O) groups excluding carboxylic acids is 1. The highest BCUT2D eigenvalue weighted by molar-refractivity contribution is 6.35. The number of rotatable bonds is 7. The third kappa shape index (κ3) is 5.54. The van der Waals surface area contributed by atoms with E-state index in [0.717, 1.165) is 10.1 Å². The minimum Gasteiger partial charge on any atom is -0.435 e. The van der Waals surface area contributed by atoms with Crippen molar-refractivity contribution in [3.8, 4) is 11.6 Å². The summed E-state index contributed by atoms with van der Waals surface area (Å²) in [6, 6.07) is 18.7. The molecule has 10 heteroatoms. The number of amides is 1. The normalized spacial score (nSPS) is 10.6. The lowest BCUT2D eigenvalue weighted by atomic mass is 10.2. The second-order valence-corrected chi connectivity index (χ2v) is 8.07. The van der Waals surface area contributed by atoms with Gasteiger partial charge in [-0.05, 0) is 23.8 Å². The summed E-state index contributed by atoms with van der Waals surface area (Å²) in [6.45, 7) is -0.200. The van der Waals surface area contributed by atoms with Crippen molar-refractivity contribution in [3.05, 3.63) is 116 Å². The summed E-state index contributed by atoms with van der Waals surface area (Å²) >= 11 is 12.0. The maximum Gasteiger partial charge on any atom is 0.331 e. The first-order valence-corrected chi connectivity index (χ1v) is 10.9. The van der Waals surface area contributed by atoms with Gasteiger partial charge in [-0.1, -0.05) is 65.7 Å². The van der Waals surface area contributed by atoms with Gasteiger partial charge in [-0.25, -0.2) is 9.78 Å². The highest BCUT2D eigenvalue weighted by Gasteiger charge is 2.14. The topological polar surface area (TPSA) is 95.2 Å². The first-order valence-electron chi connectivity index (χ1n) is 10.1. The van der Waals surface area contributed by atoms with Gasteiger partial charge in [-0.2, -0.15) is 0 Å². The summed E-state index contributed by atoms with van der Waals surface area (Å²) in [4.78, 5) is 41.9. The van der Waals surface area contributed by atoms with Crippen molar-refractivity contribution in [1.82, 2.24) is 14.1 Å². The zero-order valence-electron chi connectivity index (χ0n) is 17.7. The molecule has 0 saturated carbocycles. The van der Waals surface area contributed by atoms with Gasteiger partial charge in [0.2, 0.25) is 11.8 Å². The molecule has 0 aliphatic heterocycles. The van der Waals surface area contributed by atoms with Gasteiger partial charge in [0, 0.05) is 18.5 Å². The van der Waals surface area contributed by atoms with Crippen molar-refractivity contribution >= 4 is 34.8 Å². The number of aromatic nitrogens is 3. The van der Waals surface area contributed by atoms with Crippen molar-refractivity contribution in [2.45, 2.75) is 13.1 Å². The Bertz CT molecular complexity index is 1450. The van der Waals surface area contributed by atoms with Gasteiger partial charge in [0.15, 0.2) is 5.75 Å². The summed E-state index contributed by atoms with van der Waals surface area (Å²) in [5.41, 5.74) is 0.0352. The van der Waals surface area contributed by atoms with Crippen LogP contribution in [0.4, 0.5) is 5.69 Å². The summed E-state index contributed by atoms with van der Waals surface area (Å²) in [6.07, 6.45) is 2.80. The highest BCUT2D eigenvalue weighted by atomic mass is 35.5. The standard InChI is InChI=1S/C24H18Cl2N4O4/c25-17-12-18(26)23(27-13-17)34-20-9-5-4-8-19(20)28-21(31)15-30-22(32)10-11-29(24(30)33)14-16-6-2-1-3-7-16/h1-13H,14-15H2,(H,28,31). The summed E-state index contributed by atoms with van der Waals surface area (Å²) in [5.74, 6) is -0.201. The molecule has 0 aliphatic rings. The van der Waals surface area contributed by atoms with Crippen LogP contribution in [0.2, 0.25) is 10.0 Å². The number of pyridine rings is 1. The average molecular weight is 497 g/mol. The molecular weight excluding hydrogens is 479 g/mol. The number of ether oxygens (including phenoxy) is 1. The average Bonchev–Trinajstić information content (AvgIpc) is 2.82. The third-order valence-corrected chi connectivity index (χ3v) is 5.26. The van der Waals surface area contributed by atoms with E-state index >= 15 is 0 Å². The number of para-hydroxylation sites is 2. The lowest BCUT2D eigenvalue weighted by molar-refractivity contribution is -0.116. The molecule has 0 fully saturated rings. The maximum atomic E-state index is 12.8. The Balaban J connectivity index is 1.53. The van der Waals surface area contributed by atoms with Crippen LogP contribution in [-0.2, 0) is 17.9 Å². The lowest BCUT2D eigenvalue weighted by Crippen LogP contribution is -2.41. The Morgan fingerprint density at radius 1 is 1.00 bits per heavy atom. The minimum absolute atomic E-state index is 0.107.